The lowest BCUT2D eigenvalue weighted by Crippen LogP contribution is -2.57. The lowest BCUT2D eigenvalue weighted by molar-refractivity contribution is -0.274. The van der Waals surface area contributed by atoms with Gasteiger partial charge in [-0.05, 0) is 55.8 Å². The average Bonchev–Trinajstić information content (AvgIpc) is 2.93. The van der Waals surface area contributed by atoms with Crippen LogP contribution in [0.2, 0.25) is 0 Å². The summed E-state index contributed by atoms with van der Waals surface area (Å²) < 4.78 is 57.5. The Morgan fingerprint density at radius 3 is 2.41 bits per heavy atom. The highest BCUT2D eigenvalue weighted by Crippen LogP contribution is 2.36. The van der Waals surface area contributed by atoms with Gasteiger partial charge in [0, 0.05) is 38.3 Å². The lowest BCUT2D eigenvalue weighted by atomic mass is 9.96. The number of aryl methyl sites for hydroxylation is 1. The van der Waals surface area contributed by atoms with Crippen molar-refractivity contribution in [2.45, 2.75) is 38.3 Å². The molecule has 3 aromatic heterocycles. The number of ether oxygens (including phenoxy) is 1. The second-order valence-corrected chi connectivity index (χ2v) is 10.0. The predicted octanol–water partition coefficient (Wildman–Crippen LogP) is 5.61. The van der Waals surface area contributed by atoms with Crippen molar-refractivity contribution in [2.24, 2.45) is 7.05 Å². The third kappa shape index (κ3) is 5.71. The summed E-state index contributed by atoms with van der Waals surface area (Å²) >= 11 is 0. The molecule has 1 fully saturated rings. The molecule has 3 atom stereocenters. The zero-order valence-electron chi connectivity index (χ0n) is 22.4. The van der Waals surface area contributed by atoms with Gasteiger partial charge in [0.25, 0.3) is 11.4 Å². The van der Waals surface area contributed by atoms with E-state index in [9.17, 15) is 22.4 Å². The van der Waals surface area contributed by atoms with Crippen molar-refractivity contribution in [2.75, 3.05) is 18.0 Å². The SMILES string of the molecule is [C-]#[N+]c1ccc2c(n1)c(N1C[C@@H](C)N(C(c3ccc(OC(F)(F)F)cc3)c3ccc(F)cn3)C[C@@H]1C)cc(=O)n2C. The molecule has 1 aliphatic rings. The molecule has 1 saturated heterocycles. The van der Waals surface area contributed by atoms with E-state index >= 15 is 0 Å². The van der Waals surface area contributed by atoms with E-state index in [0.717, 1.165) is 6.20 Å². The number of fused-ring (bicyclic) bond motifs is 1. The van der Waals surface area contributed by atoms with Gasteiger partial charge in [0.2, 0.25) is 5.52 Å². The number of aromatic nitrogens is 3. The van der Waals surface area contributed by atoms with Crippen LogP contribution in [0.15, 0.2) is 65.6 Å². The Kier molecular flexibility index (Phi) is 7.40. The summed E-state index contributed by atoms with van der Waals surface area (Å²) in [5.74, 6) is -0.629. The Hall–Kier alpha value is -4.50. The van der Waals surface area contributed by atoms with E-state index in [1.807, 2.05) is 13.8 Å². The summed E-state index contributed by atoms with van der Waals surface area (Å²) in [7, 11) is 1.66. The number of nitrogens with zero attached hydrogens (tertiary/aromatic N) is 6. The molecule has 212 valence electrons. The molecule has 5 rings (SSSR count). The number of pyridine rings is 3. The third-order valence-electron chi connectivity index (χ3n) is 7.30. The minimum atomic E-state index is -4.81. The fourth-order valence-electron chi connectivity index (χ4n) is 5.36. The van der Waals surface area contributed by atoms with Crippen LogP contribution in [-0.4, -0.2) is 51.0 Å². The van der Waals surface area contributed by atoms with Crippen molar-refractivity contribution in [3.63, 3.8) is 0 Å². The standard InChI is InChI=1S/C29H26F4N6O2/c1-17-16-39(18(2)15-38(17)24-13-26(40)37(4)23-11-12-25(34-3)36-27(23)24)28(22-10-7-20(30)14-35-22)19-5-8-21(9-6-19)41-29(31,32)33/h5-14,17-18,28H,15-16H2,1-2,4H3/t17-,18+,28?/m0/s1. The molecular weight excluding hydrogens is 540 g/mol. The molecule has 0 bridgehead atoms. The first-order chi connectivity index (χ1) is 19.4. The predicted molar refractivity (Wildman–Crippen MR) is 145 cm³/mol. The number of halogens is 4. The summed E-state index contributed by atoms with van der Waals surface area (Å²) in [5.41, 5.74) is 2.76. The summed E-state index contributed by atoms with van der Waals surface area (Å²) in [6, 6.07) is 12.5. The molecule has 1 unspecified atom stereocenters. The van der Waals surface area contributed by atoms with Crippen LogP contribution in [0, 0.1) is 12.4 Å². The number of alkyl halides is 3. The molecule has 0 aliphatic carbocycles. The molecule has 12 heteroatoms. The molecule has 8 nitrogen and oxygen atoms in total. The summed E-state index contributed by atoms with van der Waals surface area (Å²) in [4.78, 5) is 29.3. The van der Waals surface area contributed by atoms with Crippen LogP contribution in [0.4, 0.5) is 29.1 Å². The summed E-state index contributed by atoms with van der Waals surface area (Å²) in [6.45, 7) is 12.3. The van der Waals surface area contributed by atoms with Crippen LogP contribution in [-0.2, 0) is 7.05 Å². The molecule has 0 amide bonds. The first-order valence-corrected chi connectivity index (χ1v) is 12.8. The van der Waals surface area contributed by atoms with Crippen LogP contribution in [0.3, 0.4) is 0 Å². The van der Waals surface area contributed by atoms with Crippen LogP contribution in [0.1, 0.15) is 31.1 Å². The van der Waals surface area contributed by atoms with E-state index in [0.29, 0.717) is 41.1 Å². The molecule has 0 N–H and O–H groups in total. The van der Waals surface area contributed by atoms with E-state index in [4.69, 9.17) is 6.57 Å². The monoisotopic (exact) mass is 566 g/mol. The van der Waals surface area contributed by atoms with Crippen LogP contribution >= 0.6 is 0 Å². The molecular formula is C29H26F4N6O2. The van der Waals surface area contributed by atoms with Gasteiger partial charge in [-0.3, -0.25) is 14.7 Å². The Morgan fingerprint density at radius 1 is 1.05 bits per heavy atom. The third-order valence-corrected chi connectivity index (χ3v) is 7.30. The molecule has 41 heavy (non-hydrogen) atoms. The normalized spacial score (nSPS) is 18.7. The van der Waals surface area contributed by atoms with E-state index < -0.39 is 18.2 Å². The molecule has 4 aromatic rings. The smallest absolute Gasteiger partial charge is 0.406 e. The highest BCUT2D eigenvalue weighted by molar-refractivity contribution is 5.89. The van der Waals surface area contributed by atoms with Gasteiger partial charge in [0.05, 0.1) is 29.1 Å². The van der Waals surface area contributed by atoms with Crippen molar-refractivity contribution >= 4 is 22.5 Å². The number of benzene rings is 1. The highest BCUT2D eigenvalue weighted by atomic mass is 19.4. The zero-order chi connectivity index (χ0) is 29.5. The number of hydrogen-bond acceptors (Lipinski definition) is 6. The fourth-order valence-corrected chi connectivity index (χ4v) is 5.36. The summed E-state index contributed by atoms with van der Waals surface area (Å²) in [5, 5.41) is 0. The highest BCUT2D eigenvalue weighted by Gasteiger charge is 2.37. The van der Waals surface area contributed by atoms with Gasteiger partial charge >= 0.3 is 6.36 Å². The maximum atomic E-state index is 13.8. The van der Waals surface area contributed by atoms with Gasteiger partial charge in [-0.15, -0.1) is 18.2 Å². The fraction of sp³-hybridized carbons (Fsp3) is 0.310. The molecule has 0 saturated carbocycles. The van der Waals surface area contributed by atoms with Gasteiger partial charge in [0.1, 0.15) is 11.6 Å². The van der Waals surface area contributed by atoms with Crippen molar-refractivity contribution in [1.29, 1.82) is 0 Å². The Morgan fingerprint density at radius 2 is 1.78 bits per heavy atom. The van der Waals surface area contributed by atoms with Crippen molar-refractivity contribution in [3.8, 4) is 5.75 Å². The summed E-state index contributed by atoms with van der Waals surface area (Å²) in [6.07, 6.45) is -3.70. The van der Waals surface area contributed by atoms with Crippen molar-refractivity contribution < 1.29 is 22.3 Å². The lowest BCUT2D eigenvalue weighted by Gasteiger charge is -2.48. The van der Waals surface area contributed by atoms with Crippen LogP contribution in [0.5, 0.6) is 5.75 Å². The zero-order valence-corrected chi connectivity index (χ0v) is 22.4. The Bertz CT molecular complexity index is 1670. The molecule has 0 spiro atoms. The largest absolute Gasteiger partial charge is 0.573 e. The van der Waals surface area contributed by atoms with Crippen LogP contribution < -0.4 is 15.2 Å². The van der Waals surface area contributed by atoms with Crippen molar-refractivity contribution in [3.05, 3.63) is 99.6 Å². The number of anilines is 1. The molecule has 1 aromatic carbocycles. The second kappa shape index (κ2) is 10.8. The Labute approximate surface area is 233 Å². The second-order valence-electron chi connectivity index (χ2n) is 10.0. The van der Waals surface area contributed by atoms with E-state index in [-0.39, 0.29) is 29.2 Å². The first kappa shape index (κ1) is 28.0. The van der Waals surface area contributed by atoms with Gasteiger partial charge < -0.3 is 19.0 Å². The maximum absolute atomic E-state index is 13.8. The minimum absolute atomic E-state index is 0.141. The van der Waals surface area contributed by atoms with E-state index in [1.54, 1.807) is 37.4 Å². The minimum Gasteiger partial charge on any atom is -0.406 e. The van der Waals surface area contributed by atoms with Gasteiger partial charge in [-0.1, -0.05) is 18.7 Å². The van der Waals surface area contributed by atoms with Crippen LogP contribution in [0.25, 0.3) is 15.9 Å². The topological polar surface area (TPSA) is 67.9 Å². The molecule has 1 aliphatic heterocycles. The number of hydrogen-bond donors (Lipinski definition) is 0. The van der Waals surface area contributed by atoms with Crippen molar-refractivity contribution in [1.82, 2.24) is 19.4 Å². The van der Waals surface area contributed by atoms with Gasteiger partial charge in [0.15, 0.2) is 0 Å². The van der Waals surface area contributed by atoms with Gasteiger partial charge in [-0.2, -0.15) is 0 Å². The number of piperazine rings is 1. The maximum Gasteiger partial charge on any atom is 0.573 e. The van der Waals surface area contributed by atoms with E-state index in [2.05, 4.69) is 29.3 Å². The Balaban J connectivity index is 1.52. The van der Waals surface area contributed by atoms with Gasteiger partial charge in [-0.25, -0.2) is 4.39 Å². The number of rotatable bonds is 5. The molecule has 4 heterocycles. The quantitative estimate of drug-likeness (QED) is 0.231. The first-order valence-electron chi connectivity index (χ1n) is 12.8. The van der Waals surface area contributed by atoms with E-state index in [1.165, 1.54) is 28.8 Å². The average molecular weight is 567 g/mol. The molecule has 0 radical (unpaired) electrons.